The molecule has 0 unspecified atom stereocenters. The number of para-hydroxylation sites is 1. The Morgan fingerprint density at radius 3 is 2.62 bits per heavy atom. The molecule has 1 heterocycles. The number of nitrogens with two attached hydrogens (primary N) is 1. The molecule has 112 valence electrons. The van der Waals surface area contributed by atoms with Crippen molar-refractivity contribution in [2.75, 3.05) is 19.4 Å². The van der Waals surface area contributed by atoms with Gasteiger partial charge in [-0.15, -0.1) is 0 Å². The predicted octanol–water partition coefficient (Wildman–Crippen LogP) is 3.00. The number of aryl methyl sites for hydroxylation is 1. The molecule has 0 aliphatic carbocycles. The van der Waals surface area contributed by atoms with E-state index < -0.39 is 0 Å². The van der Waals surface area contributed by atoms with Gasteiger partial charge in [0.15, 0.2) is 0 Å². The smallest absolute Gasteiger partial charge is 0.122 e. The Morgan fingerprint density at radius 2 is 1.95 bits per heavy atom. The SMILES string of the molecule is CCN(Cc1cc(OC)cc(C)n1)Cc1ccccc1N. The molecule has 21 heavy (non-hydrogen) atoms. The summed E-state index contributed by atoms with van der Waals surface area (Å²) in [5, 5.41) is 0. The van der Waals surface area contributed by atoms with Crippen molar-refractivity contribution < 1.29 is 4.74 Å². The number of hydrogen-bond acceptors (Lipinski definition) is 4. The van der Waals surface area contributed by atoms with Gasteiger partial charge in [-0.2, -0.15) is 0 Å². The number of benzene rings is 1. The van der Waals surface area contributed by atoms with Crippen molar-refractivity contribution in [3.05, 3.63) is 53.3 Å². The van der Waals surface area contributed by atoms with Crippen molar-refractivity contribution in [3.8, 4) is 5.75 Å². The van der Waals surface area contributed by atoms with Crippen LogP contribution in [0, 0.1) is 6.92 Å². The van der Waals surface area contributed by atoms with Crippen LogP contribution in [0.3, 0.4) is 0 Å². The van der Waals surface area contributed by atoms with E-state index in [1.54, 1.807) is 7.11 Å². The van der Waals surface area contributed by atoms with E-state index in [1.165, 1.54) is 0 Å². The third-order valence-electron chi connectivity index (χ3n) is 3.50. The van der Waals surface area contributed by atoms with Gasteiger partial charge in [0.1, 0.15) is 5.75 Å². The average Bonchev–Trinajstić information content (AvgIpc) is 2.48. The highest BCUT2D eigenvalue weighted by atomic mass is 16.5. The van der Waals surface area contributed by atoms with E-state index in [0.717, 1.165) is 48.0 Å². The maximum absolute atomic E-state index is 6.02. The van der Waals surface area contributed by atoms with Crippen LogP contribution in [0.5, 0.6) is 5.75 Å². The molecule has 2 N–H and O–H groups in total. The Kier molecular flexibility index (Phi) is 5.17. The van der Waals surface area contributed by atoms with Gasteiger partial charge in [0.2, 0.25) is 0 Å². The molecule has 0 aliphatic heterocycles. The minimum Gasteiger partial charge on any atom is -0.497 e. The Balaban J connectivity index is 2.12. The van der Waals surface area contributed by atoms with E-state index >= 15 is 0 Å². The van der Waals surface area contributed by atoms with Gasteiger partial charge in [0.05, 0.1) is 12.8 Å². The predicted molar refractivity (Wildman–Crippen MR) is 86.2 cm³/mol. The van der Waals surface area contributed by atoms with Crippen LogP contribution in [0.2, 0.25) is 0 Å². The lowest BCUT2D eigenvalue weighted by Crippen LogP contribution is -2.23. The average molecular weight is 285 g/mol. The Hall–Kier alpha value is -2.07. The number of methoxy groups -OCH3 is 1. The fourth-order valence-electron chi connectivity index (χ4n) is 2.33. The van der Waals surface area contributed by atoms with E-state index in [0.29, 0.717) is 0 Å². The standard InChI is InChI=1S/C17H23N3O/c1-4-20(11-14-7-5-6-8-17(14)18)12-15-10-16(21-3)9-13(2)19-15/h5-10H,4,11-12,18H2,1-3H3. The number of rotatable bonds is 6. The number of aromatic nitrogens is 1. The van der Waals surface area contributed by atoms with Crippen LogP contribution in [0.15, 0.2) is 36.4 Å². The van der Waals surface area contributed by atoms with Crippen LogP contribution in [0.4, 0.5) is 5.69 Å². The van der Waals surface area contributed by atoms with Crippen molar-refractivity contribution in [1.29, 1.82) is 0 Å². The van der Waals surface area contributed by atoms with Crippen molar-refractivity contribution in [2.24, 2.45) is 0 Å². The normalized spacial score (nSPS) is 10.9. The van der Waals surface area contributed by atoms with Crippen LogP contribution in [0.25, 0.3) is 0 Å². The third-order valence-corrected chi connectivity index (χ3v) is 3.50. The Bertz CT molecular complexity index is 598. The number of ether oxygens (including phenoxy) is 1. The highest BCUT2D eigenvalue weighted by Gasteiger charge is 2.09. The lowest BCUT2D eigenvalue weighted by molar-refractivity contribution is 0.268. The first kappa shape index (κ1) is 15.3. The number of anilines is 1. The van der Waals surface area contributed by atoms with Crippen molar-refractivity contribution in [3.63, 3.8) is 0 Å². The fourth-order valence-corrected chi connectivity index (χ4v) is 2.33. The molecule has 0 saturated heterocycles. The minimum atomic E-state index is 0.781. The maximum atomic E-state index is 6.02. The van der Waals surface area contributed by atoms with E-state index in [9.17, 15) is 0 Å². The first-order chi connectivity index (χ1) is 10.1. The fraction of sp³-hybridized carbons (Fsp3) is 0.353. The molecule has 2 aromatic rings. The largest absolute Gasteiger partial charge is 0.497 e. The van der Waals surface area contributed by atoms with E-state index in [2.05, 4.69) is 22.9 Å². The first-order valence-corrected chi connectivity index (χ1v) is 7.19. The molecular formula is C17H23N3O. The monoisotopic (exact) mass is 285 g/mol. The molecule has 0 amide bonds. The Morgan fingerprint density at radius 1 is 1.19 bits per heavy atom. The summed E-state index contributed by atoms with van der Waals surface area (Å²) in [6, 6.07) is 11.9. The van der Waals surface area contributed by atoms with Gasteiger partial charge in [-0.1, -0.05) is 25.1 Å². The topological polar surface area (TPSA) is 51.4 Å². The zero-order chi connectivity index (χ0) is 15.2. The molecule has 1 aromatic carbocycles. The zero-order valence-electron chi connectivity index (χ0n) is 13.0. The number of hydrogen-bond donors (Lipinski definition) is 1. The molecule has 2 rings (SSSR count). The number of nitrogens with zero attached hydrogens (tertiary/aromatic N) is 2. The molecule has 4 nitrogen and oxygen atoms in total. The summed E-state index contributed by atoms with van der Waals surface area (Å²) in [6.07, 6.45) is 0. The van der Waals surface area contributed by atoms with Gasteiger partial charge in [-0.25, -0.2) is 0 Å². The lowest BCUT2D eigenvalue weighted by Gasteiger charge is -2.21. The zero-order valence-corrected chi connectivity index (χ0v) is 13.0. The quantitative estimate of drug-likeness (QED) is 0.829. The molecule has 1 aromatic heterocycles. The molecule has 0 aliphatic rings. The summed E-state index contributed by atoms with van der Waals surface area (Å²) in [4.78, 5) is 6.89. The van der Waals surface area contributed by atoms with Gasteiger partial charge < -0.3 is 10.5 Å². The molecule has 0 fully saturated rings. The molecule has 0 radical (unpaired) electrons. The molecular weight excluding hydrogens is 262 g/mol. The summed E-state index contributed by atoms with van der Waals surface area (Å²) >= 11 is 0. The second-order valence-corrected chi connectivity index (χ2v) is 5.14. The van der Waals surface area contributed by atoms with Crippen molar-refractivity contribution >= 4 is 5.69 Å². The Labute approximate surface area is 126 Å². The van der Waals surface area contributed by atoms with Crippen LogP contribution < -0.4 is 10.5 Å². The van der Waals surface area contributed by atoms with E-state index in [4.69, 9.17) is 10.5 Å². The van der Waals surface area contributed by atoms with Crippen LogP contribution in [-0.2, 0) is 13.1 Å². The lowest BCUT2D eigenvalue weighted by atomic mass is 10.1. The van der Waals surface area contributed by atoms with Crippen LogP contribution >= 0.6 is 0 Å². The van der Waals surface area contributed by atoms with Gasteiger partial charge in [0.25, 0.3) is 0 Å². The van der Waals surface area contributed by atoms with Crippen LogP contribution in [0.1, 0.15) is 23.9 Å². The third kappa shape index (κ3) is 4.20. The first-order valence-electron chi connectivity index (χ1n) is 7.19. The molecule has 0 saturated carbocycles. The van der Waals surface area contributed by atoms with Gasteiger partial charge >= 0.3 is 0 Å². The second-order valence-electron chi connectivity index (χ2n) is 5.14. The number of nitrogen functional groups attached to an aromatic ring is 1. The molecule has 0 bridgehead atoms. The van der Waals surface area contributed by atoms with E-state index in [-0.39, 0.29) is 0 Å². The summed E-state index contributed by atoms with van der Waals surface area (Å²) in [7, 11) is 1.68. The summed E-state index contributed by atoms with van der Waals surface area (Å²) in [5.41, 5.74) is 10.0. The maximum Gasteiger partial charge on any atom is 0.122 e. The van der Waals surface area contributed by atoms with Crippen molar-refractivity contribution in [1.82, 2.24) is 9.88 Å². The molecule has 4 heteroatoms. The second kappa shape index (κ2) is 7.09. The molecule has 0 spiro atoms. The van der Waals surface area contributed by atoms with Crippen molar-refractivity contribution in [2.45, 2.75) is 26.9 Å². The number of pyridine rings is 1. The van der Waals surface area contributed by atoms with E-state index in [1.807, 2.05) is 37.3 Å². The highest BCUT2D eigenvalue weighted by Crippen LogP contribution is 2.17. The van der Waals surface area contributed by atoms with Gasteiger partial charge in [-0.3, -0.25) is 9.88 Å². The summed E-state index contributed by atoms with van der Waals surface area (Å²) in [5.74, 6) is 0.854. The highest BCUT2D eigenvalue weighted by molar-refractivity contribution is 5.46. The molecule has 0 atom stereocenters. The van der Waals surface area contributed by atoms with Crippen LogP contribution in [-0.4, -0.2) is 23.5 Å². The van der Waals surface area contributed by atoms with Gasteiger partial charge in [0, 0.05) is 36.6 Å². The minimum absolute atomic E-state index is 0.781. The summed E-state index contributed by atoms with van der Waals surface area (Å²) < 4.78 is 5.31. The van der Waals surface area contributed by atoms with Gasteiger partial charge in [-0.05, 0) is 25.1 Å². The summed E-state index contributed by atoms with van der Waals surface area (Å²) in [6.45, 7) is 6.67.